The number of nitrogens with one attached hydrogen (secondary N) is 1. The number of carboxylic acids is 1. The molecule has 0 aromatic rings. The number of carbonyl (C=O) groups is 2. The maximum absolute atomic E-state index is 12.0. The standard InChI is InChI=1S/C16H28N2O5/c1-14(2,3)23-13(21)18-10-15(11-18,8-12(19)20)17-9-16(22)6-4-5-7-16/h17,22H,4-11H2,1-3H3,(H,19,20). The number of β-amino-alcohol motifs (C(OH)–C–C–N with tert-alkyl or cyclic N) is 1. The highest BCUT2D eigenvalue weighted by atomic mass is 16.6. The van der Waals surface area contributed by atoms with E-state index in [2.05, 4.69) is 5.32 Å². The van der Waals surface area contributed by atoms with Crippen molar-refractivity contribution in [3.05, 3.63) is 0 Å². The van der Waals surface area contributed by atoms with E-state index in [9.17, 15) is 14.7 Å². The highest BCUT2D eigenvalue weighted by Gasteiger charge is 2.49. The first-order valence-corrected chi connectivity index (χ1v) is 8.20. The zero-order valence-electron chi connectivity index (χ0n) is 14.2. The number of nitrogens with zero attached hydrogens (tertiary/aromatic N) is 1. The Morgan fingerprint density at radius 1 is 1.22 bits per heavy atom. The van der Waals surface area contributed by atoms with Crippen LogP contribution in [0.4, 0.5) is 4.79 Å². The van der Waals surface area contributed by atoms with Crippen LogP contribution in [-0.4, -0.2) is 63.6 Å². The number of hydrogen-bond acceptors (Lipinski definition) is 5. The predicted octanol–water partition coefficient (Wildman–Crippen LogP) is 1.35. The van der Waals surface area contributed by atoms with Crippen molar-refractivity contribution >= 4 is 12.1 Å². The molecule has 7 nitrogen and oxygen atoms in total. The molecule has 2 fully saturated rings. The van der Waals surface area contributed by atoms with E-state index in [-0.39, 0.29) is 19.5 Å². The quantitative estimate of drug-likeness (QED) is 0.704. The molecule has 1 saturated carbocycles. The molecular formula is C16H28N2O5. The van der Waals surface area contributed by atoms with Crippen molar-refractivity contribution in [3.8, 4) is 0 Å². The summed E-state index contributed by atoms with van der Waals surface area (Å²) in [6.45, 7) is 6.31. The van der Waals surface area contributed by atoms with E-state index >= 15 is 0 Å². The van der Waals surface area contributed by atoms with Gasteiger partial charge in [-0.2, -0.15) is 0 Å². The van der Waals surface area contributed by atoms with Crippen molar-refractivity contribution in [1.29, 1.82) is 0 Å². The van der Waals surface area contributed by atoms with Crippen LogP contribution in [0, 0.1) is 0 Å². The highest BCUT2D eigenvalue weighted by molar-refractivity contribution is 5.73. The molecule has 132 valence electrons. The summed E-state index contributed by atoms with van der Waals surface area (Å²) in [4.78, 5) is 24.7. The Bertz CT molecular complexity index is 460. The number of ether oxygens (including phenoxy) is 1. The van der Waals surface area contributed by atoms with Crippen LogP contribution in [0.1, 0.15) is 52.9 Å². The summed E-state index contributed by atoms with van der Waals surface area (Å²) in [6.07, 6.45) is 2.95. The van der Waals surface area contributed by atoms with Gasteiger partial charge in [-0.1, -0.05) is 12.8 Å². The van der Waals surface area contributed by atoms with Gasteiger partial charge < -0.3 is 25.2 Å². The first kappa shape index (κ1) is 18.0. The summed E-state index contributed by atoms with van der Waals surface area (Å²) in [5.74, 6) is -0.917. The van der Waals surface area contributed by atoms with Gasteiger partial charge in [0.25, 0.3) is 0 Å². The Labute approximate surface area is 137 Å². The van der Waals surface area contributed by atoms with Gasteiger partial charge in [-0.15, -0.1) is 0 Å². The lowest BCUT2D eigenvalue weighted by molar-refractivity contribution is -0.141. The van der Waals surface area contributed by atoms with Crippen molar-refractivity contribution in [2.75, 3.05) is 19.6 Å². The molecule has 2 aliphatic rings. The van der Waals surface area contributed by atoms with Crippen molar-refractivity contribution in [2.45, 2.75) is 69.6 Å². The van der Waals surface area contributed by atoms with E-state index in [1.807, 2.05) is 0 Å². The number of carbonyl (C=O) groups excluding carboxylic acids is 1. The van der Waals surface area contributed by atoms with Crippen molar-refractivity contribution in [2.24, 2.45) is 0 Å². The topological polar surface area (TPSA) is 99.1 Å². The molecule has 3 N–H and O–H groups in total. The number of carboxylic acid groups (broad SMARTS) is 1. The fourth-order valence-corrected chi connectivity index (χ4v) is 3.28. The fourth-order valence-electron chi connectivity index (χ4n) is 3.28. The molecular weight excluding hydrogens is 300 g/mol. The molecule has 0 aromatic heterocycles. The van der Waals surface area contributed by atoms with E-state index in [0.29, 0.717) is 6.54 Å². The second-order valence-electron chi connectivity index (χ2n) is 7.97. The molecule has 1 amide bonds. The fraction of sp³-hybridized carbons (Fsp3) is 0.875. The highest BCUT2D eigenvalue weighted by Crippen LogP contribution is 2.32. The molecule has 0 aromatic carbocycles. The summed E-state index contributed by atoms with van der Waals surface area (Å²) >= 11 is 0. The average Bonchev–Trinajstić information content (AvgIpc) is 2.76. The lowest BCUT2D eigenvalue weighted by Gasteiger charge is -2.50. The van der Waals surface area contributed by atoms with Gasteiger partial charge in [-0.3, -0.25) is 4.79 Å². The minimum atomic E-state index is -0.917. The number of amides is 1. The summed E-state index contributed by atoms with van der Waals surface area (Å²) in [5, 5.41) is 22.8. The van der Waals surface area contributed by atoms with Gasteiger partial charge in [0.05, 0.1) is 17.6 Å². The van der Waals surface area contributed by atoms with Gasteiger partial charge in [0.15, 0.2) is 0 Å². The normalized spacial score (nSPS) is 22.5. The number of likely N-dealkylation sites (tertiary alicyclic amines) is 1. The zero-order chi connectivity index (χ0) is 17.3. The molecule has 1 saturated heterocycles. The minimum Gasteiger partial charge on any atom is -0.481 e. The van der Waals surface area contributed by atoms with Crippen LogP contribution in [-0.2, 0) is 9.53 Å². The molecule has 0 spiro atoms. The molecule has 7 heteroatoms. The maximum Gasteiger partial charge on any atom is 0.410 e. The third-order valence-electron chi connectivity index (χ3n) is 4.46. The second kappa shape index (κ2) is 6.28. The summed E-state index contributed by atoms with van der Waals surface area (Å²) in [6, 6.07) is 0. The molecule has 1 aliphatic heterocycles. The van der Waals surface area contributed by atoms with Crippen LogP contribution < -0.4 is 5.32 Å². The predicted molar refractivity (Wildman–Crippen MR) is 84.2 cm³/mol. The number of hydrogen-bond donors (Lipinski definition) is 3. The third-order valence-corrected chi connectivity index (χ3v) is 4.46. The molecule has 0 atom stereocenters. The van der Waals surface area contributed by atoms with Crippen molar-refractivity contribution in [1.82, 2.24) is 10.2 Å². The van der Waals surface area contributed by atoms with Crippen LogP contribution in [0.25, 0.3) is 0 Å². The van der Waals surface area contributed by atoms with Crippen molar-refractivity contribution in [3.63, 3.8) is 0 Å². The maximum atomic E-state index is 12.0. The average molecular weight is 328 g/mol. The molecule has 0 bridgehead atoms. The summed E-state index contributed by atoms with van der Waals surface area (Å²) < 4.78 is 5.30. The Morgan fingerprint density at radius 3 is 2.26 bits per heavy atom. The zero-order valence-corrected chi connectivity index (χ0v) is 14.2. The first-order chi connectivity index (χ1) is 10.5. The van der Waals surface area contributed by atoms with Gasteiger partial charge >= 0.3 is 12.1 Å². The Hall–Kier alpha value is -1.34. The Balaban J connectivity index is 1.92. The molecule has 1 aliphatic carbocycles. The van der Waals surface area contributed by atoms with Gasteiger partial charge in [0.2, 0.25) is 0 Å². The Kier molecular flexibility index (Phi) is 4.92. The van der Waals surface area contributed by atoms with E-state index in [4.69, 9.17) is 9.84 Å². The van der Waals surface area contributed by atoms with E-state index in [1.54, 1.807) is 20.8 Å². The monoisotopic (exact) mass is 328 g/mol. The van der Waals surface area contributed by atoms with Gasteiger partial charge in [-0.05, 0) is 33.6 Å². The molecule has 0 unspecified atom stereocenters. The number of aliphatic hydroxyl groups is 1. The van der Waals surface area contributed by atoms with Crippen LogP contribution in [0.15, 0.2) is 0 Å². The van der Waals surface area contributed by atoms with E-state index in [1.165, 1.54) is 4.90 Å². The number of aliphatic carboxylic acids is 1. The summed E-state index contributed by atoms with van der Waals surface area (Å²) in [5.41, 5.74) is -2.01. The SMILES string of the molecule is CC(C)(C)OC(=O)N1CC(CC(=O)O)(NCC2(O)CCCC2)C1. The van der Waals surface area contributed by atoms with Crippen LogP contribution >= 0.6 is 0 Å². The third kappa shape index (κ3) is 4.81. The lowest BCUT2D eigenvalue weighted by atomic mass is 9.85. The largest absolute Gasteiger partial charge is 0.481 e. The first-order valence-electron chi connectivity index (χ1n) is 8.20. The number of rotatable bonds is 5. The van der Waals surface area contributed by atoms with Crippen LogP contribution in [0.5, 0.6) is 0 Å². The van der Waals surface area contributed by atoms with E-state index < -0.39 is 28.8 Å². The van der Waals surface area contributed by atoms with Gasteiger partial charge in [-0.25, -0.2) is 4.79 Å². The van der Waals surface area contributed by atoms with Crippen LogP contribution in [0.3, 0.4) is 0 Å². The molecule has 23 heavy (non-hydrogen) atoms. The van der Waals surface area contributed by atoms with Gasteiger partial charge in [0, 0.05) is 19.6 Å². The van der Waals surface area contributed by atoms with Crippen molar-refractivity contribution < 1.29 is 24.5 Å². The molecule has 1 heterocycles. The lowest BCUT2D eigenvalue weighted by Crippen LogP contribution is -2.72. The van der Waals surface area contributed by atoms with Gasteiger partial charge in [0.1, 0.15) is 5.60 Å². The van der Waals surface area contributed by atoms with Crippen LogP contribution in [0.2, 0.25) is 0 Å². The minimum absolute atomic E-state index is 0.0810. The smallest absolute Gasteiger partial charge is 0.410 e. The Morgan fingerprint density at radius 2 is 1.78 bits per heavy atom. The second-order valence-corrected chi connectivity index (χ2v) is 7.97. The van der Waals surface area contributed by atoms with E-state index in [0.717, 1.165) is 25.7 Å². The summed E-state index contributed by atoms with van der Waals surface area (Å²) in [7, 11) is 0. The molecule has 0 radical (unpaired) electrons. The molecule has 2 rings (SSSR count).